The van der Waals surface area contributed by atoms with Crippen molar-refractivity contribution in [3.8, 4) is 0 Å². The number of aryl methyl sites for hydroxylation is 1. The van der Waals surface area contributed by atoms with Gasteiger partial charge in [-0.2, -0.15) is 0 Å². The average Bonchev–Trinajstić information content (AvgIpc) is 2.69. The third-order valence-corrected chi connectivity index (χ3v) is 6.37. The Labute approximate surface area is 114 Å². The van der Waals surface area contributed by atoms with Gasteiger partial charge in [0, 0.05) is 25.0 Å². The third-order valence-electron chi connectivity index (χ3n) is 2.83. The molecule has 0 bridgehead atoms. The van der Waals surface area contributed by atoms with Gasteiger partial charge in [-0.3, -0.25) is 0 Å². The highest BCUT2D eigenvalue weighted by Gasteiger charge is 2.23. The summed E-state index contributed by atoms with van der Waals surface area (Å²) >= 11 is 1.36. The molecule has 0 amide bonds. The number of unbranched alkanes of at least 4 members (excludes halogenated alkanes) is 1. The normalized spacial score (nSPS) is 12.3. The molecule has 4 nitrogen and oxygen atoms in total. The molecule has 0 radical (unpaired) electrons. The second-order valence-electron chi connectivity index (χ2n) is 4.38. The molecule has 0 saturated heterocycles. The Morgan fingerprint density at radius 1 is 1.44 bits per heavy atom. The number of hydrogen-bond donors (Lipinski definition) is 1. The molecule has 104 valence electrons. The van der Waals surface area contributed by atoms with E-state index in [1.54, 1.807) is 13.1 Å². The first kappa shape index (κ1) is 15.6. The lowest BCUT2D eigenvalue weighted by atomic mass is 10.3. The number of hydrogen-bond acceptors (Lipinski definition) is 4. The summed E-state index contributed by atoms with van der Waals surface area (Å²) in [6, 6.07) is 1.77. The van der Waals surface area contributed by atoms with E-state index in [4.69, 9.17) is 0 Å². The second kappa shape index (κ2) is 6.65. The maximum atomic E-state index is 12.3. The molecule has 0 aliphatic heterocycles. The Kier molecular flexibility index (Phi) is 5.78. The number of sulfonamides is 1. The Balaban J connectivity index is 2.94. The summed E-state index contributed by atoms with van der Waals surface area (Å²) in [6.07, 6.45) is 1.89. The van der Waals surface area contributed by atoms with Crippen molar-refractivity contribution in [2.45, 2.75) is 37.4 Å². The van der Waals surface area contributed by atoms with E-state index >= 15 is 0 Å². The average molecular weight is 290 g/mol. The molecule has 0 spiro atoms. The summed E-state index contributed by atoms with van der Waals surface area (Å²) in [6.45, 7) is 5.30. The first-order valence-corrected chi connectivity index (χ1v) is 8.39. The number of nitrogens with one attached hydrogen (secondary N) is 1. The van der Waals surface area contributed by atoms with Crippen molar-refractivity contribution >= 4 is 21.4 Å². The van der Waals surface area contributed by atoms with Gasteiger partial charge < -0.3 is 5.32 Å². The molecular formula is C12H22N2O2S2. The molecule has 0 aromatic carbocycles. The van der Waals surface area contributed by atoms with Gasteiger partial charge in [-0.25, -0.2) is 12.7 Å². The van der Waals surface area contributed by atoms with Crippen LogP contribution in [0.15, 0.2) is 10.3 Å². The smallest absolute Gasteiger partial charge is 0.252 e. The minimum Gasteiger partial charge on any atom is -0.315 e. The molecule has 1 N–H and O–H groups in total. The summed E-state index contributed by atoms with van der Waals surface area (Å²) in [5.41, 5.74) is 1.04. The minimum absolute atomic E-state index is 0.448. The first-order valence-electron chi connectivity index (χ1n) is 6.13. The monoisotopic (exact) mass is 290 g/mol. The van der Waals surface area contributed by atoms with E-state index in [0.717, 1.165) is 23.3 Å². The van der Waals surface area contributed by atoms with Crippen molar-refractivity contribution in [2.75, 3.05) is 20.6 Å². The fourth-order valence-corrected chi connectivity index (χ4v) is 4.63. The lowest BCUT2D eigenvalue weighted by Gasteiger charge is -2.15. The molecule has 0 fully saturated rings. The van der Waals surface area contributed by atoms with Gasteiger partial charge in [0.1, 0.15) is 4.21 Å². The molecule has 0 aliphatic carbocycles. The first-order chi connectivity index (χ1) is 8.43. The van der Waals surface area contributed by atoms with Crippen LogP contribution in [0.1, 0.15) is 30.2 Å². The molecule has 0 saturated carbocycles. The van der Waals surface area contributed by atoms with Crippen LogP contribution in [0.5, 0.6) is 0 Å². The largest absolute Gasteiger partial charge is 0.315 e. The Morgan fingerprint density at radius 2 is 2.11 bits per heavy atom. The van der Waals surface area contributed by atoms with Gasteiger partial charge in [0.25, 0.3) is 10.0 Å². The quantitative estimate of drug-likeness (QED) is 0.837. The summed E-state index contributed by atoms with van der Waals surface area (Å²) in [4.78, 5) is 1.08. The zero-order chi connectivity index (χ0) is 13.8. The van der Waals surface area contributed by atoms with Crippen LogP contribution in [0.2, 0.25) is 0 Å². The number of rotatable bonds is 7. The maximum Gasteiger partial charge on any atom is 0.252 e. The van der Waals surface area contributed by atoms with E-state index in [1.807, 2.05) is 14.0 Å². The zero-order valence-electron chi connectivity index (χ0n) is 11.5. The SMILES string of the molecule is CCCCN(C)S(=O)(=O)c1cc(C)c(CNC)s1. The zero-order valence-corrected chi connectivity index (χ0v) is 13.1. The molecule has 0 atom stereocenters. The highest BCUT2D eigenvalue weighted by atomic mass is 32.2. The molecular weight excluding hydrogens is 268 g/mol. The maximum absolute atomic E-state index is 12.3. The summed E-state index contributed by atoms with van der Waals surface area (Å²) in [7, 11) is 0.205. The highest BCUT2D eigenvalue weighted by Crippen LogP contribution is 2.28. The Morgan fingerprint density at radius 3 is 2.67 bits per heavy atom. The molecule has 18 heavy (non-hydrogen) atoms. The van der Waals surface area contributed by atoms with Crippen molar-refractivity contribution < 1.29 is 8.42 Å². The van der Waals surface area contributed by atoms with Crippen molar-refractivity contribution in [1.82, 2.24) is 9.62 Å². The second-order valence-corrected chi connectivity index (χ2v) is 7.79. The van der Waals surface area contributed by atoms with Gasteiger partial charge in [-0.15, -0.1) is 11.3 Å². The van der Waals surface area contributed by atoms with Gasteiger partial charge in [-0.1, -0.05) is 13.3 Å². The van der Waals surface area contributed by atoms with Crippen LogP contribution < -0.4 is 5.32 Å². The van der Waals surface area contributed by atoms with Crippen molar-refractivity contribution in [1.29, 1.82) is 0 Å². The predicted molar refractivity (Wildman–Crippen MR) is 76.5 cm³/mol. The number of thiophene rings is 1. The van der Waals surface area contributed by atoms with Gasteiger partial charge >= 0.3 is 0 Å². The summed E-state index contributed by atoms with van der Waals surface area (Å²) < 4.78 is 26.5. The Bertz CT molecular complexity index is 480. The van der Waals surface area contributed by atoms with Crippen LogP contribution in [0.25, 0.3) is 0 Å². The van der Waals surface area contributed by atoms with Crippen LogP contribution in [-0.4, -0.2) is 33.4 Å². The van der Waals surface area contributed by atoms with E-state index in [1.165, 1.54) is 15.6 Å². The van der Waals surface area contributed by atoms with Crippen molar-refractivity contribution in [3.63, 3.8) is 0 Å². The van der Waals surface area contributed by atoms with Gasteiger partial charge in [0.05, 0.1) is 0 Å². The topological polar surface area (TPSA) is 49.4 Å². The van der Waals surface area contributed by atoms with Crippen LogP contribution >= 0.6 is 11.3 Å². The Hall–Kier alpha value is -0.430. The minimum atomic E-state index is -3.31. The van der Waals surface area contributed by atoms with Crippen LogP contribution in [0.3, 0.4) is 0 Å². The lowest BCUT2D eigenvalue weighted by molar-refractivity contribution is 0.461. The van der Waals surface area contributed by atoms with Crippen LogP contribution in [0, 0.1) is 6.92 Å². The van der Waals surface area contributed by atoms with Gasteiger partial charge in [-0.05, 0) is 32.0 Å². The number of nitrogens with zero attached hydrogens (tertiary/aromatic N) is 1. The molecule has 0 aliphatic rings. The standard InChI is InChI=1S/C12H22N2O2S2/c1-5-6-7-14(4)18(15,16)12-8-10(2)11(17-12)9-13-3/h8,13H,5-7,9H2,1-4H3. The van der Waals surface area contributed by atoms with E-state index in [9.17, 15) is 8.42 Å². The van der Waals surface area contributed by atoms with E-state index in [-0.39, 0.29) is 0 Å². The predicted octanol–water partition coefficient (Wildman–Crippen LogP) is 2.20. The molecule has 6 heteroatoms. The van der Waals surface area contributed by atoms with Crippen LogP contribution in [0.4, 0.5) is 0 Å². The molecule has 1 rings (SSSR count). The van der Waals surface area contributed by atoms with E-state index in [2.05, 4.69) is 12.2 Å². The molecule has 1 aromatic heterocycles. The summed E-state index contributed by atoms with van der Waals surface area (Å²) in [5, 5.41) is 3.06. The summed E-state index contributed by atoms with van der Waals surface area (Å²) in [5.74, 6) is 0. The van der Waals surface area contributed by atoms with E-state index < -0.39 is 10.0 Å². The fraction of sp³-hybridized carbons (Fsp3) is 0.667. The molecule has 1 heterocycles. The van der Waals surface area contributed by atoms with E-state index in [0.29, 0.717) is 17.3 Å². The highest BCUT2D eigenvalue weighted by molar-refractivity contribution is 7.91. The van der Waals surface area contributed by atoms with Crippen molar-refractivity contribution in [2.24, 2.45) is 0 Å². The molecule has 1 aromatic rings. The molecule has 0 unspecified atom stereocenters. The van der Waals surface area contributed by atoms with Crippen LogP contribution in [-0.2, 0) is 16.6 Å². The van der Waals surface area contributed by atoms with Crippen molar-refractivity contribution in [3.05, 3.63) is 16.5 Å². The van der Waals surface area contributed by atoms with Gasteiger partial charge in [0.15, 0.2) is 0 Å². The fourth-order valence-electron chi connectivity index (χ4n) is 1.61. The third kappa shape index (κ3) is 3.54. The lowest BCUT2D eigenvalue weighted by Crippen LogP contribution is -2.27. The van der Waals surface area contributed by atoms with Gasteiger partial charge in [0.2, 0.25) is 0 Å².